The zero-order chi connectivity index (χ0) is 27.9. The molecular formula is C31H42N6O3. The maximum atomic E-state index is 13.7. The number of para-hydroxylation sites is 2. The smallest absolute Gasteiger partial charge is 0.322 e. The summed E-state index contributed by atoms with van der Waals surface area (Å²) in [7, 11) is 0. The minimum absolute atomic E-state index is 0.132. The van der Waals surface area contributed by atoms with Gasteiger partial charge in [-0.05, 0) is 94.0 Å². The molecule has 5 rings (SSSR count). The lowest BCUT2D eigenvalue weighted by atomic mass is 9.82. The van der Waals surface area contributed by atoms with Crippen molar-refractivity contribution >= 4 is 29.3 Å². The Balaban J connectivity index is 1.28. The van der Waals surface area contributed by atoms with Crippen LogP contribution >= 0.6 is 0 Å². The quantitative estimate of drug-likeness (QED) is 0.386. The normalized spacial score (nSPS) is 24.6. The highest BCUT2D eigenvalue weighted by Crippen LogP contribution is 2.34. The molecule has 5 N–H and O–H groups in total. The van der Waals surface area contributed by atoms with Gasteiger partial charge in [-0.2, -0.15) is 0 Å². The van der Waals surface area contributed by atoms with Crippen molar-refractivity contribution in [2.75, 3.05) is 30.3 Å². The van der Waals surface area contributed by atoms with Gasteiger partial charge in [0.1, 0.15) is 6.04 Å². The molecule has 0 spiro atoms. The van der Waals surface area contributed by atoms with Crippen molar-refractivity contribution in [3.63, 3.8) is 0 Å². The summed E-state index contributed by atoms with van der Waals surface area (Å²) >= 11 is 0. The number of carbonyl (C=O) groups is 3. The first-order valence-corrected chi connectivity index (χ1v) is 14.8. The zero-order valence-corrected chi connectivity index (χ0v) is 23.1. The van der Waals surface area contributed by atoms with Gasteiger partial charge in [-0.15, -0.1) is 0 Å². The number of nitrogens with two attached hydrogens (primary N) is 1. The number of hydrogen-bond donors (Lipinski definition) is 4. The lowest BCUT2D eigenvalue weighted by Crippen LogP contribution is -2.59. The number of anilines is 2. The minimum atomic E-state index is -0.659. The van der Waals surface area contributed by atoms with Crippen LogP contribution in [0.5, 0.6) is 0 Å². The molecule has 1 unspecified atom stereocenters. The van der Waals surface area contributed by atoms with E-state index in [1.807, 2.05) is 65.6 Å². The van der Waals surface area contributed by atoms with Crippen LogP contribution in [0, 0.1) is 11.8 Å². The number of rotatable bonds is 8. The SMILES string of the molecule is NCC1CCC(CNC(=O)[C@H]2CC(N(C(=O)Nc3ccccc3)C3CC3)CCN2C(=O)Nc2ccccc2)CC1. The van der Waals surface area contributed by atoms with Crippen molar-refractivity contribution in [1.82, 2.24) is 15.1 Å². The predicted molar refractivity (Wildman–Crippen MR) is 157 cm³/mol. The molecule has 214 valence electrons. The summed E-state index contributed by atoms with van der Waals surface area (Å²) in [4.78, 5) is 44.0. The maximum absolute atomic E-state index is 13.7. The first-order valence-electron chi connectivity index (χ1n) is 14.8. The van der Waals surface area contributed by atoms with Gasteiger partial charge in [-0.3, -0.25) is 4.79 Å². The molecule has 40 heavy (non-hydrogen) atoms. The number of carbonyl (C=O) groups excluding carboxylic acids is 3. The summed E-state index contributed by atoms with van der Waals surface area (Å²) in [5, 5.41) is 9.15. The van der Waals surface area contributed by atoms with Crippen LogP contribution in [-0.4, -0.2) is 65.5 Å². The number of benzene rings is 2. The molecule has 5 amide bonds. The molecule has 2 aliphatic carbocycles. The van der Waals surface area contributed by atoms with E-state index >= 15 is 0 Å². The molecule has 3 aliphatic rings. The summed E-state index contributed by atoms with van der Waals surface area (Å²) in [5.74, 6) is 0.865. The molecule has 9 heteroatoms. The third kappa shape index (κ3) is 7.13. The first kappa shape index (κ1) is 28.0. The molecule has 2 atom stereocenters. The van der Waals surface area contributed by atoms with Crippen LogP contribution < -0.4 is 21.7 Å². The Kier molecular flexibility index (Phi) is 9.21. The number of nitrogens with one attached hydrogen (secondary N) is 3. The molecule has 9 nitrogen and oxygen atoms in total. The topological polar surface area (TPSA) is 120 Å². The van der Waals surface area contributed by atoms with Gasteiger partial charge in [0, 0.05) is 36.5 Å². The van der Waals surface area contributed by atoms with Crippen molar-refractivity contribution in [2.45, 2.75) is 69.5 Å². The second-order valence-electron chi connectivity index (χ2n) is 11.5. The average molecular weight is 547 g/mol. The van der Waals surface area contributed by atoms with Gasteiger partial charge < -0.3 is 31.5 Å². The largest absolute Gasteiger partial charge is 0.354 e. The van der Waals surface area contributed by atoms with Crippen molar-refractivity contribution in [2.24, 2.45) is 17.6 Å². The van der Waals surface area contributed by atoms with Crippen molar-refractivity contribution < 1.29 is 14.4 Å². The Morgan fingerprint density at radius 3 is 1.98 bits per heavy atom. The second-order valence-corrected chi connectivity index (χ2v) is 11.5. The summed E-state index contributed by atoms with van der Waals surface area (Å²) in [6.07, 6.45) is 7.26. The standard InChI is InChI=1S/C31H42N6O3/c32-20-22-11-13-23(14-12-22)21-33-29(38)28-19-27(17-18-36(28)30(39)34-24-7-3-1-4-8-24)37(26-15-16-26)31(40)35-25-9-5-2-6-10-25/h1-10,22-23,26-28H,11-21,32H2,(H,33,38)(H,34,39)(H,35,40)/t22?,23?,27?,28-/m1/s1. The Hall–Kier alpha value is -3.59. The molecule has 1 aliphatic heterocycles. The van der Waals surface area contributed by atoms with Gasteiger partial charge in [-0.1, -0.05) is 36.4 Å². The molecule has 0 bridgehead atoms. The second kappa shape index (κ2) is 13.2. The fourth-order valence-electron chi connectivity index (χ4n) is 6.13. The van der Waals surface area contributed by atoms with E-state index in [2.05, 4.69) is 16.0 Å². The van der Waals surface area contributed by atoms with E-state index in [4.69, 9.17) is 5.73 Å². The van der Waals surface area contributed by atoms with E-state index in [1.165, 1.54) is 0 Å². The number of urea groups is 2. The fraction of sp³-hybridized carbons (Fsp3) is 0.516. The van der Waals surface area contributed by atoms with Crippen LogP contribution in [0.25, 0.3) is 0 Å². The molecule has 1 heterocycles. The van der Waals surface area contributed by atoms with E-state index < -0.39 is 6.04 Å². The van der Waals surface area contributed by atoms with Gasteiger partial charge >= 0.3 is 12.1 Å². The van der Waals surface area contributed by atoms with Crippen LogP contribution in [0.4, 0.5) is 21.0 Å². The van der Waals surface area contributed by atoms with E-state index in [0.717, 1.165) is 50.8 Å². The molecule has 0 aromatic heterocycles. The van der Waals surface area contributed by atoms with Crippen molar-refractivity contribution in [3.8, 4) is 0 Å². The molecule has 3 fully saturated rings. The van der Waals surface area contributed by atoms with Crippen molar-refractivity contribution in [3.05, 3.63) is 60.7 Å². The van der Waals surface area contributed by atoms with Gasteiger partial charge in [0.25, 0.3) is 0 Å². The van der Waals surface area contributed by atoms with Crippen molar-refractivity contribution in [1.29, 1.82) is 0 Å². The van der Waals surface area contributed by atoms with Gasteiger partial charge in [0.15, 0.2) is 0 Å². The van der Waals surface area contributed by atoms with Crippen LogP contribution in [0.1, 0.15) is 51.4 Å². The van der Waals surface area contributed by atoms with Gasteiger partial charge in [-0.25, -0.2) is 9.59 Å². The third-order valence-corrected chi connectivity index (χ3v) is 8.62. The predicted octanol–water partition coefficient (Wildman–Crippen LogP) is 4.63. The highest BCUT2D eigenvalue weighted by atomic mass is 16.2. The highest BCUT2D eigenvalue weighted by molar-refractivity contribution is 5.94. The zero-order valence-electron chi connectivity index (χ0n) is 23.1. The minimum Gasteiger partial charge on any atom is -0.354 e. The Morgan fingerprint density at radius 2 is 1.38 bits per heavy atom. The lowest BCUT2D eigenvalue weighted by Gasteiger charge is -2.43. The Labute approximate surface area is 236 Å². The number of nitrogens with zero attached hydrogens (tertiary/aromatic N) is 2. The number of amides is 5. The fourth-order valence-corrected chi connectivity index (χ4v) is 6.13. The van der Waals surface area contributed by atoms with Crippen LogP contribution in [-0.2, 0) is 4.79 Å². The van der Waals surface area contributed by atoms with E-state index in [9.17, 15) is 14.4 Å². The number of likely N-dealkylation sites (tertiary alicyclic amines) is 1. The Bertz CT molecular complexity index is 1130. The van der Waals surface area contributed by atoms with Crippen LogP contribution in [0.3, 0.4) is 0 Å². The van der Waals surface area contributed by atoms with E-state index in [1.54, 1.807) is 4.90 Å². The van der Waals surface area contributed by atoms with Crippen LogP contribution in [0.15, 0.2) is 60.7 Å². The number of piperidine rings is 1. The molecule has 0 radical (unpaired) electrons. The molecule has 2 saturated carbocycles. The highest BCUT2D eigenvalue weighted by Gasteiger charge is 2.44. The van der Waals surface area contributed by atoms with E-state index in [0.29, 0.717) is 43.5 Å². The van der Waals surface area contributed by atoms with Gasteiger partial charge in [0.2, 0.25) is 5.91 Å². The average Bonchev–Trinajstić information content (AvgIpc) is 3.82. The summed E-state index contributed by atoms with van der Waals surface area (Å²) in [6.45, 7) is 1.72. The Morgan fingerprint density at radius 1 is 0.775 bits per heavy atom. The monoisotopic (exact) mass is 546 g/mol. The van der Waals surface area contributed by atoms with E-state index in [-0.39, 0.29) is 30.1 Å². The molecule has 1 saturated heterocycles. The lowest BCUT2D eigenvalue weighted by molar-refractivity contribution is -0.127. The molecule has 2 aromatic rings. The van der Waals surface area contributed by atoms with Gasteiger partial charge in [0.05, 0.1) is 0 Å². The summed E-state index contributed by atoms with van der Waals surface area (Å²) < 4.78 is 0. The summed E-state index contributed by atoms with van der Waals surface area (Å²) in [6, 6.07) is 17.7. The third-order valence-electron chi connectivity index (χ3n) is 8.62. The van der Waals surface area contributed by atoms with Crippen LogP contribution in [0.2, 0.25) is 0 Å². The first-order chi connectivity index (χ1) is 19.5. The molecular weight excluding hydrogens is 504 g/mol. The number of hydrogen-bond acceptors (Lipinski definition) is 4. The summed E-state index contributed by atoms with van der Waals surface area (Å²) in [5.41, 5.74) is 7.28. The maximum Gasteiger partial charge on any atom is 0.322 e. The molecule has 2 aromatic carbocycles.